The number of imidazole rings is 1. The molecule has 8 heteroatoms. The standard InChI is InChI=1S/C18H20N6O2/c1-22(2)18-20-15(7-16(25)21-18)12-5-6-23(9-12)17(26)13-3-4-14-8-19-11-24(14)10-13/h3-4,7-8,10-12H,5-6,9H2,1-2H3,(H,20,21,25). The van der Waals surface area contributed by atoms with Gasteiger partial charge in [0.05, 0.1) is 29.3 Å². The van der Waals surface area contributed by atoms with Crippen LogP contribution in [0.1, 0.15) is 28.4 Å². The molecule has 0 aliphatic carbocycles. The third-order valence-electron chi connectivity index (χ3n) is 4.72. The van der Waals surface area contributed by atoms with Crippen LogP contribution in [0.25, 0.3) is 5.52 Å². The number of likely N-dealkylation sites (tertiary alicyclic amines) is 1. The van der Waals surface area contributed by atoms with Gasteiger partial charge in [0.1, 0.15) is 0 Å². The number of hydrogen-bond acceptors (Lipinski definition) is 5. The Morgan fingerprint density at radius 3 is 3.00 bits per heavy atom. The van der Waals surface area contributed by atoms with E-state index >= 15 is 0 Å². The first-order chi connectivity index (χ1) is 12.5. The third-order valence-corrected chi connectivity index (χ3v) is 4.72. The molecule has 134 valence electrons. The van der Waals surface area contributed by atoms with Crippen LogP contribution in [-0.2, 0) is 0 Å². The van der Waals surface area contributed by atoms with Gasteiger partial charge in [-0.3, -0.25) is 14.6 Å². The Hall–Kier alpha value is -3.16. The van der Waals surface area contributed by atoms with Gasteiger partial charge in [0.25, 0.3) is 11.5 Å². The van der Waals surface area contributed by atoms with Crippen LogP contribution in [0.4, 0.5) is 5.95 Å². The van der Waals surface area contributed by atoms with Crippen molar-refractivity contribution in [2.75, 3.05) is 32.1 Å². The molecule has 1 N–H and O–H groups in total. The zero-order valence-electron chi connectivity index (χ0n) is 14.7. The van der Waals surface area contributed by atoms with Gasteiger partial charge in [-0.05, 0) is 18.6 Å². The predicted molar refractivity (Wildman–Crippen MR) is 97.6 cm³/mol. The molecule has 1 amide bonds. The Labute approximate surface area is 150 Å². The van der Waals surface area contributed by atoms with Crippen molar-refractivity contribution in [2.24, 2.45) is 0 Å². The van der Waals surface area contributed by atoms with E-state index in [4.69, 9.17) is 0 Å². The normalized spacial score (nSPS) is 17.0. The second-order valence-electron chi connectivity index (χ2n) is 6.77. The summed E-state index contributed by atoms with van der Waals surface area (Å²) in [6.45, 7) is 1.21. The molecule has 0 aromatic carbocycles. The zero-order valence-corrected chi connectivity index (χ0v) is 14.7. The van der Waals surface area contributed by atoms with Crippen LogP contribution < -0.4 is 10.5 Å². The van der Waals surface area contributed by atoms with Crippen LogP contribution in [0.3, 0.4) is 0 Å². The Kier molecular flexibility index (Phi) is 3.95. The molecule has 0 spiro atoms. The van der Waals surface area contributed by atoms with Gasteiger partial charge in [-0.15, -0.1) is 0 Å². The summed E-state index contributed by atoms with van der Waals surface area (Å²) in [5.74, 6) is 0.584. The van der Waals surface area contributed by atoms with E-state index in [0.29, 0.717) is 24.6 Å². The molecule has 0 saturated carbocycles. The number of hydrogen-bond donors (Lipinski definition) is 1. The van der Waals surface area contributed by atoms with Crippen molar-refractivity contribution in [3.05, 3.63) is 58.5 Å². The van der Waals surface area contributed by atoms with E-state index in [2.05, 4.69) is 15.0 Å². The number of carbonyl (C=O) groups is 1. The lowest BCUT2D eigenvalue weighted by Gasteiger charge is -2.17. The number of carbonyl (C=O) groups excluding carboxylic acids is 1. The highest BCUT2D eigenvalue weighted by molar-refractivity contribution is 5.94. The molecule has 1 fully saturated rings. The molecule has 8 nitrogen and oxygen atoms in total. The van der Waals surface area contributed by atoms with Gasteiger partial charge in [-0.2, -0.15) is 0 Å². The maximum absolute atomic E-state index is 12.8. The number of H-pyrrole nitrogens is 1. The Balaban J connectivity index is 1.54. The minimum atomic E-state index is -0.172. The summed E-state index contributed by atoms with van der Waals surface area (Å²) < 4.78 is 1.84. The second-order valence-corrected chi connectivity index (χ2v) is 6.77. The zero-order chi connectivity index (χ0) is 18.3. The maximum atomic E-state index is 12.8. The molecule has 1 aliphatic rings. The topological polar surface area (TPSA) is 86.6 Å². The van der Waals surface area contributed by atoms with Gasteiger partial charge in [-0.25, -0.2) is 9.97 Å². The predicted octanol–water partition coefficient (Wildman–Crippen LogP) is 1.11. The Morgan fingerprint density at radius 1 is 1.35 bits per heavy atom. The van der Waals surface area contributed by atoms with Gasteiger partial charge >= 0.3 is 0 Å². The molecular formula is C18H20N6O2. The van der Waals surface area contributed by atoms with Gasteiger partial charge in [0.15, 0.2) is 0 Å². The fourth-order valence-electron chi connectivity index (χ4n) is 3.30. The van der Waals surface area contributed by atoms with Crippen molar-refractivity contribution in [2.45, 2.75) is 12.3 Å². The van der Waals surface area contributed by atoms with E-state index in [1.165, 1.54) is 6.07 Å². The Bertz CT molecular complexity index is 1020. The highest BCUT2D eigenvalue weighted by Gasteiger charge is 2.29. The highest BCUT2D eigenvalue weighted by atomic mass is 16.2. The molecule has 1 unspecified atom stereocenters. The molecule has 4 rings (SSSR count). The number of rotatable bonds is 3. The average Bonchev–Trinajstić information content (AvgIpc) is 3.29. The highest BCUT2D eigenvalue weighted by Crippen LogP contribution is 2.27. The lowest BCUT2D eigenvalue weighted by Crippen LogP contribution is -2.29. The first-order valence-electron chi connectivity index (χ1n) is 8.51. The van der Waals surface area contributed by atoms with Gasteiger partial charge < -0.3 is 14.2 Å². The van der Waals surface area contributed by atoms with Crippen molar-refractivity contribution in [3.8, 4) is 0 Å². The van der Waals surface area contributed by atoms with E-state index in [1.807, 2.05) is 35.5 Å². The minimum absolute atomic E-state index is 0.0132. The van der Waals surface area contributed by atoms with Crippen molar-refractivity contribution >= 4 is 17.4 Å². The summed E-state index contributed by atoms with van der Waals surface area (Å²) in [4.78, 5) is 39.6. The van der Waals surface area contributed by atoms with Crippen molar-refractivity contribution in [1.29, 1.82) is 0 Å². The summed E-state index contributed by atoms with van der Waals surface area (Å²) in [5, 5.41) is 0. The van der Waals surface area contributed by atoms with E-state index < -0.39 is 0 Å². The summed E-state index contributed by atoms with van der Waals surface area (Å²) in [7, 11) is 3.66. The number of pyridine rings is 1. The van der Waals surface area contributed by atoms with Gasteiger partial charge in [-0.1, -0.05) is 0 Å². The van der Waals surface area contributed by atoms with Crippen molar-refractivity contribution in [1.82, 2.24) is 24.3 Å². The summed E-state index contributed by atoms with van der Waals surface area (Å²) in [6, 6.07) is 5.24. The fourth-order valence-corrected chi connectivity index (χ4v) is 3.30. The van der Waals surface area contributed by atoms with E-state index in [9.17, 15) is 9.59 Å². The molecule has 26 heavy (non-hydrogen) atoms. The van der Waals surface area contributed by atoms with E-state index in [-0.39, 0.29) is 17.4 Å². The molecule has 3 aromatic heterocycles. The number of anilines is 1. The van der Waals surface area contributed by atoms with Crippen LogP contribution >= 0.6 is 0 Å². The number of fused-ring (bicyclic) bond motifs is 1. The number of aromatic amines is 1. The second kappa shape index (κ2) is 6.29. The molecule has 0 radical (unpaired) electrons. The van der Waals surface area contributed by atoms with Crippen LogP contribution in [0.2, 0.25) is 0 Å². The van der Waals surface area contributed by atoms with Crippen LogP contribution in [0, 0.1) is 0 Å². The molecule has 4 heterocycles. The molecule has 1 atom stereocenters. The first kappa shape index (κ1) is 16.3. The first-order valence-corrected chi connectivity index (χ1v) is 8.51. The fraction of sp³-hybridized carbons (Fsp3) is 0.333. The smallest absolute Gasteiger partial charge is 0.255 e. The molecule has 1 aliphatic heterocycles. The van der Waals surface area contributed by atoms with Crippen LogP contribution in [0.5, 0.6) is 0 Å². The van der Waals surface area contributed by atoms with Crippen molar-refractivity contribution < 1.29 is 4.79 Å². The third kappa shape index (κ3) is 2.94. The summed E-state index contributed by atoms with van der Waals surface area (Å²) in [6.07, 6.45) is 6.03. The maximum Gasteiger partial charge on any atom is 0.255 e. The number of aromatic nitrogens is 4. The minimum Gasteiger partial charge on any atom is -0.348 e. The lowest BCUT2D eigenvalue weighted by molar-refractivity contribution is 0.0790. The van der Waals surface area contributed by atoms with Crippen molar-refractivity contribution in [3.63, 3.8) is 0 Å². The molecular weight excluding hydrogens is 332 g/mol. The number of nitrogens with zero attached hydrogens (tertiary/aromatic N) is 5. The quantitative estimate of drug-likeness (QED) is 0.763. The largest absolute Gasteiger partial charge is 0.348 e. The molecule has 0 bridgehead atoms. The van der Waals surface area contributed by atoms with E-state index in [0.717, 1.165) is 17.6 Å². The Morgan fingerprint density at radius 2 is 2.19 bits per heavy atom. The number of nitrogens with one attached hydrogen (secondary N) is 1. The van der Waals surface area contributed by atoms with Gasteiger partial charge in [0.2, 0.25) is 5.95 Å². The van der Waals surface area contributed by atoms with Crippen LogP contribution in [0.15, 0.2) is 41.7 Å². The lowest BCUT2D eigenvalue weighted by atomic mass is 10.1. The monoisotopic (exact) mass is 352 g/mol. The molecule has 3 aromatic rings. The average molecular weight is 352 g/mol. The SMILES string of the molecule is CN(C)c1nc(C2CCN(C(=O)c3ccc4cncn4c3)C2)cc(=O)[nH]1. The van der Waals surface area contributed by atoms with Crippen LogP contribution in [-0.4, -0.2) is 57.3 Å². The van der Waals surface area contributed by atoms with Gasteiger partial charge in [0, 0.05) is 45.4 Å². The number of amides is 1. The summed E-state index contributed by atoms with van der Waals surface area (Å²) >= 11 is 0. The molecule has 1 saturated heterocycles. The van der Waals surface area contributed by atoms with E-state index in [1.54, 1.807) is 23.6 Å². The summed E-state index contributed by atoms with van der Waals surface area (Å²) in [5.41, 5.74) is 2.14.